The summed E-state index contributed by atoms with van der Waals surface area (Å²) < 4.78 is 5.35. The van der Waals surface area contributed by atoms with Gasteiger partial charge < -0.3 is 25.4 Å². The Morgan fingerprint density at radius 2 is 1.54 bits per heavy atom. The molecule has 1 heterocycles. The lowest BCUT2D eigenvalue weighted by atomic mass is 9.98. The van der Waals surface area contributed by atoms with E-state index < -0.39 is 18.2 Å². The predicted molar refractivity (Wildman–Crippen MR) is 160 cm³/mol. The molecule has 41 heavy (non-hydrogen) atoms. The highest BCUT2D eigenvalue weighted by Crippen LogP contribution is 2.25. The Kier molecular flexibility index (Phi) is 12.6. The fourth-order valence-electron chi connectivity index (χ4n) is 5.10. The Hall–Kier alpha value is -3.43. The lowest BCUT2D eigenvalue weighted by molar-refractivity contribution is -0.130. The summed E-state index contributed by atoms with van der Waals surface area (Å²) in [7, 11) is 0. The molecule has 2 amide bonds. The topological polar surface area (TPSA) is 111 Å². The largest absolute Gasteiger partial charge is 0.445 e. The maximum absolute atomic E-state index is 13.6. The van der Waals surface area contributed by atoms with Crippen molar-refractivity contribution in [2.45, 2.75) is 65.8 Å². The fourth-order valence-corrected chi connectivity index (χ4v) is 5.10. The van der Waals surface area contributed by atoms with Crippen LogP contribution in [0.5, 0.6) is 0 Å². The number of β-amino-alcohol motifs (C(OH)–C–C–N with tert-alkyl or cyclic N) is 1. The molecule has 0 bridgehead atoms. The maximum Gasteiger partial charge on any atom is 0.408 e. The minimum Gasteiger partial charge on any atom is -0.445 e. The number of carbonyl (C=O) groups excluding carboxylic acids is 3. The number of ether oxygens (including phenoxy) is 1. The third kappa shape index (κ3) is 10.5. The van der Waals surface area contributed by atoms with Crippen molar-refractivity contribution in [1.82, 2.24) is 15.5 Å². The summed E-state index contributed by atoms with van der Waals surface area (Å²) >= 11 is 0. The number of hydrogen-bond acceptors (Lipinski definition) is 7. The van der Waals surface area contributed by atoms with Gasteiger partial charge in [0.2, 0.25) is 5.91 Å². The lowest BCUT2D eigenvalue weighted by Crippen LogP contribution is -2.53. The molecule has 0 fully saturated rings. The highest BCUT2D eigenvalue weighted by Gasteiger charge is 2.30. The van der Waals surface area contributed by atoms with Gasteiger partial charge in [-0.3, -0.25) is 14.5 Å². The summed E-state index contributed by atoms with van der Waals surface area (Å²) in [5, 5.41) is 15.2. The first-order valence-corrected chi connectivity index (χ1v) is 14.6. The third-order valence-corrected chi connectivity index (χ3v) is 7.10. The number of benzene rings is 2. The van der Waals surface area contributed by atoms with Crippen molar-refractivity contribution in [3.63, 3.8) is 0 Å². The van der Waals surface area contributed by atoms with Crippen molar-refractivity contribution >= 4 is 23.5 Å². The number of fused-ring (bicyclic) bond motifs is 1. The summed E-state index contributed by atoms with van der Waals surface area (Å²) in [6, 6.07) is 15.9. The Balaban J connectivity index is 1.65. The molecule has 0 radical (unpaired) electrons. The van der Waals surface area contributed by atoms with E-state index in [1.807, 2.05) is 76.2 Å². The number of aliphatic hydroxyl groups is 1. The zero-order valence-electron chi connectivity index (χ0n) is 24.8. The maximum atomic E-state index is 13.6. The first kappa shape index (κ1) is 32.1. The number of para-hydroxylation sites is 1. The van der Waals surface area contributed by atoms with Crippen molar-refractivity contribution < 1.29 is 24.2 Å². The van der Waals surface area contributed by atoms with Gasteiger partial charge in [-0.05, 0) is 41.9 Å². The number of Topliss-reactive ketones (excluding diaryl/α,β-unsaturated/α-hetero) is 1. The van der Waals surface area contributed by atoms with Gasteiger partial charge in [-0.1, -0.05) is 76.2 Å². The van der Waals surface area contributed by atoms with Gasteiger partial charge >= 0.3 is 6.09 Å². The summed E-state index contributed by atoms with van der Waals surface area (Å²) in [6.45, 7) is 10.8. The number of nitrogens with one attached hydrogen (secondary N) is 2. The van der Waals surface area contributed by atoms with E-state index in [1.54, 1.807) is 0 Å². The number of nitrogens with zero attached hydrogens (tertiary/aromatic N) is 2. The fraction of sp³-hybridized carbons (Fsp3) is 0.531. The zero-order chi connectivity index (χ0) is 29.8. The van der Waals surface area contributed by atoms with E-state index >= 15 is 0 Å². The van der Waals surface area contributed by atoms with Gasteiger partial charge in [0.1, 0.15) is 12.6 Å². The molecule has 1 aliphatic rings. The van der Waals surface area contributed by atoms with Gasteiger partial charge in [0, 0.05) is 31.9 Å². The van der Waals surface area contributed by atoms with Crippen LogP contribution in [0.4, 0.5) is 10.5 Å². The second-order valence-electron chi connectivity index (χ2n) is 11.6. The average Bonchev–Trinajstić information content (AvgIpc) is 3.10. The van der Waals surface area contributed by atoms with E-state index in [0.29, 0.717) is 39.0 Å². The molecular weight excluding hydrogens is 520 g/mol. The Morgan fingerprint density at radius 1 is 0.878 bits per heavy atom. The Bertz CT molecular complexity index is 1120. The number of rotatable bonds is 14. The van der Waals surface area contributed by atoms with Gasteiger partial charge in [-0.15, -0.1) is 0 Å². The molecule has 9 nitrogen and oxygen atoms in total. The molecule has 2 aromatic rings. The molecular formula is C32H46N4O5. The molecule has 0 saturated carbocycles. The van der Waals surface area contributed by atoms with E-state index in [0.717, 1.165) is 16.8 Å². The van der Waals surface area contributed by atoms with Gasteiger partial charge in [0.15, 0.2) is 5.78 Å². The van der Waals surface area contributed by atoms with Crippen LogP contribution < -0.4 is 15.5 Å². The second kappa shape index (κ2) is 16.1. The molecule has 0 spiro atoms. The number of carbonyl (C=O) groups is 3. The lowest BCUT2D eigenvalue weighted by Gasteiger charge is -2.27. The van der Waals surface area contributed by atoms with Crippen LogP contribution in [0.25, 0.3) is 0 Å². The first-order chi connectivity index (χ1) is 19.7. The third-order valence-electron chi connectivity index (χ3n) is 7.10. The van der Waals surface area contributed by atoms with E-state index in [1.165, 1.54) is 0 Å². The molecule has 0 aromatic heterocycles. The van der Waals surface area contributed by atoms with E-state index in [-0.39, 0.29) is 43.3 Å². The SMILES string of the molecule is CC(C)C[C@H](NC(=O)[C@H](CC(C)C)NC(=O)OCc1ccccc1)C(=O)CN1CCN(CCO)c2ccccc2C1. The van der Waals surface area contributed by atoms with Crippen molar-refractivity contribution in [1.29, 1.82) is 0 Å². The molecule has 2 aromatic carbocycles. The molecule has 0 saturated heterocycles. The van der Waals surface area contributed by atoms with Crippen molar-refractivity contribution in [3.05, 3.63) is 65.7 Å². The van der Waals surface area contributed by atoms with Crippen molar-refractivity contribution in [2.75, 3.05) is 37.7 Å². The summed E-state index contributed by atoms with van der Waals surface area (Å²) in [4.78, 5) is 43.9. The van der Waals surface area contributed by atoms with Crippen molar-refractivity contribution in [3.8, 4) is 0 Å². The number of alkyl carbamates (subject to hydrolysis) is 1. The average molecular weight is 567 g/mol. The van der Waals surface area contributed by atoms with Crippen LogP contribution in [0.1, 0.15) is 51.7 Å². The molecule has 3 N–H and O–H groups in total. The molecule has 224 valence electrons. The highest BCUT2D eigenvalue weighted by molar-refractivity contribution is 5.93. The number of amides is 2. The minimum absolute atomic E-state index is 0.0567. The van der Waals surface area contributed by atoms with E-state index in [9.17, 15) is 19.5 Å². The van der Waals surface area contributed by atoms with Gasteiger partial charge in [0.25, 0.3) is 0 Å². The molecule has 1 aliphatic heterocycles. The predicted octanol–water partition coefficient (Wildman–Crippen LogP) is 3.74. The second-order valence-corrected chi connectivity index (χ2v) is 11.6. The first-order valence-electron chi connectivity index (χ1n) is 14.6. The number of anilines is 1. The molecule has 0 aliphatic carbocycles. The van der Waals surface area contributed by atoms with E-state index in [4.69, 9.17) is 4.74 Å². The summed E-state index contributed by atoms with van der Waals surface area (Å²) in [6.07, 6.45) is 0.244. The van der Waals surface area contributed by atoms with Gasteiger partial charge in [-0.25, -0.2) is 4.79 Å². The van der Waals surface area contributed by atoms with E-state index in [2.05, 4.69) is 26.5 Å². The molecule has 2 atom stereocenters. The number of ketones is 1. The quantitative estimate of drug-likeness (QED) is 0.320. The van der Waals surface area contributed by atoms with Crippen LogP contribution in [-0.4, -0.2) is 72.7 Å². The highest BCUT2D eigenvalue weighted by atomic mass is 16.5. The zero-order valence-corrected chi connectivity index (χ0v) is 24.8. The van der Waals surface area contributed by atoms with Crippen LogP contribution in [0.2, 0.25) is 0 Å². The summed E-state index contributed by atoms with van der Waals surface area (Å²) in [5.74, 6) is -0.125. The van der Waals surface area contributed by atoms with Crippen LogP contribution in [-0.2, 0) is 27.5 Å². The number of aliphatic hydroxyl groups excluding tert-OH is 1. The molecule has 9 heteroatoms. The van der Waals surface area contributed by atoms with Gasteiger partial charge in [-0.2, -0.15) is 0 Å². The van der Waals surface area contributed by atoms with Gasteiger partial charge in [0.05, 0.1) is 19.2 Å². The normalized spacial score (nSPS) is 15.1. The smallest absolute Gasteiger partial charge is 0.408 e. The Labute approximate surface area is 244 Å². The number of hydrogen-bond donors (Lipinski definition) is 3. The van der Waals surface area contributed by atoms with Crippen molar-refractivity contribution in [2.24, 2.45) is 11.8 Å². The standard InChI is InChI=1S/C32H46N4O5/c1-23(2)18-27(30(38)21-35-14-15-36(16-17-37)29-13-9-8-12-26(29)20-35)33-31(39)28(19-24(3)4)34-32(40)41-22-25-10-6-5-7-11-25/h5-13,23-24,27-28,37H,14-22H2,1-4H3,(H,33,39)(H,34,40)/t27-,28-/m0/s1. The summed E-state index contributed by atoms with van der Waals surface area (Å²) in [5.41, 5.74) is 3.03. The minimum atomic E-state index is -0.821. The Morgan fingerprint density at radius 3 is 2.22 bits per heavy atom. The van der Waals surface area contributed by atoms with Crippen LogP contribution in [0.15, 0.2) is 54.6 Å². The molecule has 3 rings (SSSR count). The molecule has 0 unspecified atom stereocenters. The van der Waals surface area contributed by atoms with Crippen LogP contribution >= 0.6 is 0 Å². The van der Waals surface area contributed by atoms with Crippen LogP contribution in [0, 0.1) is 11.8 Å². The van der Waals surface area contributed by atoms with Crippen LogP contribution in [0.3, 0.4) is 0 Å². The monoisotopic (exact) mass is 566 g/mol.